The highest BCUT2D eigenvalue weighted by Crippen LogP contribution is 2.38. The van der Waals surface area contributed by atoms with Crippen molar-refractivity contribution in [1.82, 2.24) is 10.0 Å². The lowest BCUT2D eigenvalue weighted by atomic mass is 9.87. The molecule has 5 heteroatoms. The van der Waals surface area contributed by atoms with Crippen molar-refractivity contribution in [1.29, 1.82) is 0 Å². The molecule has 0 N–H and O–H groups in total. The van der Waals surface area contributed by atoms with E-state index in [1.54, 1.807) is 7.11 Å². The molecule has 1 fully saturated rings. The van der Waals surface area contributed by atoms with E-state index in [2.05, 4.69) is 53.5 Å². The lowest BCUT2D eigenvalue weighted by Gasteiger charge is -2.39. The van der Waals surface area contributed by atoms with E-state index in [9.17, 15) is 0 Å². The summed E-state index contributed by atoms with van der Waals surface area (Å²) in [5.41, 5.74) is 7.40. The number of aliphatic imine (C=N–C) groups is 1. The predicted octanol–water partition coefficient (Wildman–Crippen LogP) is 4.44. The summed E-state index contributed by atoms with van der Waals surface area (Å²) in [5, 5.41) is 4.58. The maximum atomic E-state index is 6.15. The van der Waals surface area contributed by atoms with Crippen LogP contribution in [0.5, 0.6) is 5.75 Å². The van der Waals surface area contributed by atoms with Crippen molar-refractivity contribution in [2.24, 2.45) is 4.99 Å². The van der Waals surface area contributed by atoms with Gasteiger partial charge in [0.2, 0.25) is 0 Å². The summed E-state index contributed by atoms with van der Waals surface area (Å²) in [7, 11) is 3.82. The summed E-state index contributed by atoms with van der Waals surface area (Å²) >= 11 is 0. The zero-order chi connectivity index (χ0) is 20.5. The molecule has 1 saturated heterocycles. The second kappa shape index (κ2) is 8.25. The van der Waals surface area contributed by atoms with Crippen molar-refractivity contribution < 1.29 is 9.47 Å². The van der Waals surface area contributed by atoms with E-state index >= 15 is 0 Å². The number of hydrogen-bond acceptors (Lipinski definition) is 5. The van der Waals surface area contributed by atoms with Crippen molar-refractivity contribution in [2.75, 3.05) is 34.0 Å². The molecular weight excluding hydrogens is 374 g/mol. The molecule has 1 unspecified atom stereocenters. The van der Waals surface area contributed by atoms with Crippen molar-refractivity contribution in [3.63, 3.8) is 0 Å². The predicted molar refractivity (Wildman–Crippen MR) is 120 cm³/mol. The van der Waals surface area contributed by atoms with Gasteiger partial charge in [0.25, 0.3) is 0 Å². The normalized spacial score (nSPS) is 21.8. The van der Waals surface area contributed by atoms with Crippen LogP contribution in [-0.4, -0.2) is 49.7 Å². The smallest absolute Gasteiger partial charge is 0.119 e. The number of benzene rings is 2. The summed E-state index contributed by atoms with van der Waals surface area (Å²) < 4.78 is 11.6. The number of hydrogen-bond donors (Lipinski definition) is 0. The first kappa shape index (κ1) is 19.3. The third-order valence-corrected chi connectivity index (χ3v) is 6.36. The molecule has 5 rings (SSSR count). The average Bonchev–Trinajstić information content (AvgIpc) is 2.98. The van der Waals surface area contributed by atoms with Crippen LogP contribution < -0.4 is 4.74 Å². The van der Waals surface area contributed by atoms with Gasteiger partial charge in [0, 0.05) is 31.3 Å². The Morgan fingerprint density at radius 1 is 1.13 bits per heavy atom. The van der Waals surface area contributed by atoms with Gasteiger partial charge in [0.05, 0.1) is 24.6 Å². The summed E-state index contributed by atoms with van der Waals surface area (Å²) in [5.74, 6) is 0.851. The molecule has 5 nitrogen and oxygen atoms in total. The first-order valence-corrected chi connectivity index (χ1v) is 10.9. The van der Waals surface area contributed by atoms with Gasteiger partial charge in [0.1, 0.15) is 12.4 Å². The molecule has 0 spiro atoms. The third kappa shape index (κ3) is 3.53. The average molecular weight is 404 g/mol. The zero-order valence-electron chi connectivity index (χ0n) is 17.8. The summed E-state index contributed by atoms with van der Waals surface area (Å²) in [6, 6.07) is 14.9. The SMILES string of the molecule is COc1cccc(C2=NCN(C)N3CCc4c(cccc4C4CCCCO4)C3=C2)c1. The van der Waals surface area contributed by atoms with Crippen LogP contribution in [0.2, 0.25) is 0 Å². The van der Waals surface area contributed by atoms with Crippen LogP contribution in [0.4, 0.5) is 0 Å². The fourth-order valence-electron chi connectivity index (χ4n) is 4.78. The van der Waals surface area contributed by atoms with Crippen LogP contribution in [-0.2, 0) is 11.2 Å². The van der Waals surface area contributed by atoms with Crippen molar-refractivity contribution in [3.8, 4) is 5.75 Å². The van der Waals surface area contributed by atoms with Crippen LogP contribution in [0.1, 0.15) is 47.6 Å². The second-order valence-electron chi connectivity index (χ2n) is 8.21. The van der Waals surface area contributed by atoms with Gasteiger partial charge >= 0.3 is 0 Å². The Balaban J connectivity index is 1.58. The molecule has 2 aromatic carbocycles. The van der Waals surface area contributed by atoms with E-state index in [0.717, 1.165) is 43.0 Å². The number of fused-ring (bicyclic) bond motifs is 3. The molecule has 2 aromatic rings. The maximum Gasteiger partial charge on any atom is 0.119 e. The van der Waals surface area contributed by atoms with Gasteiger partial charge in [-0.15, -0.1) is 0 Å². The molecule has 0 aliphatic carbocycles. The number of methoxy groups -OCH3 is 1. The highest BCUT2D eigenvalue weighted by atomic mass is 16.5. The fourth-order valence-corrected chi connectivity index (χ4v) is 4.78. The second-order valence-corrected chi connectivity index (χ2v) is 8.21. The van der Waals surface area contributed by atoms with Gasteiger partial charge in [-0.05, 0) is 55.0 Å². The molecule has 3 aliphatic heterocycles. The highest BCUT2D eigenvalue weighted by Gasteiger charge is 2.30. The van der Waals surface area contributed by atoms with Crippen LogP contribution in [0.15, 0.2) is 53.5 Å². The van der Waals surface area contributed by atoms with E-state index in [0.29, 0.717) is 6.67 Å². The van der Waals surface area contributed by atoms with E-state index in [1.165, 1.54) is 35.2 Å². The van der Waals surface area contributed by atoms with Gasteiger partial charge in [-0.2, -0.15) is 0 Å². The lowest BCUT2D eigenvalue weighted by molar-refractivity contribution is 0.0138. The van der Waals surface area contributed by atoms with Crippen LogP contribution in [0, 0.1) is 0 Å². The van der Waals surface area contributed by atoms with Gasteiger partial charge in [0.15, 0.2) is 0 Å². The van der Waals surface area contributed by atoms with Gasteiger partial charge in [-0.3, -0.25) is 4.99 Å². The standard InChI is InChI=1S/C25H29N3O2/c1-27-17-26-23(18-7-5-8-19(15-18)29-2)16-24-21-9-6-10-22(20(21)12-13-28(24)27)25-11-3-4-14-30-25/h5-10,15-16,25H,3-4,11-14,17H2,1-2H3. The molecule has 3 heterocycles. The molecule has 0 bridgehead atoms. The minimum Gasteiger partial charge on any atom is -0.497 e. The Morgan fingerprint density at radius 3 is 2.87 bits per heavy atom. The Kier molecular flexibility index (Phi) is 5.32. The van der Waals surface area contributed by atoms with Gasteiger partial charge in [-0.25, -0.2) is 5.01 Å². The largest absolute Gasteiger partial charge is 0.497 e. The Morgan fingerprint density at radius 2 is 2.03 bits per heavy atom. The monoisotopic (exact) mass is 403 g/mol. The van der Waals surface area contributed by atoms with Crippen LogP contribution in [0.3, 0.4) is 0 Å². The van der Waals surface area contributed by atoms with E-state index in [1.807, 2.05) is 12.1 Å². The van der Waals surface area contributed by atoms with E-state index in [4.69, 9.17) is 14.5 Å². The van der Waals surface area contributed by atoms with E-state index < -0.39 is 0 Å². The Labute approximate surface area is 178 Å². The molecule has 0 aromatic heterocycles. The number of allylic oxidation sites excluding steroid dienone is 1. The molecular formula is C25H29N3O2. The Hall–Kier alpha value is -2.63. The zero-order valence-corrected chi connectivity index (χ0v) is 17.8. The number of ether oxygens (including phenoxy) is 2. The van der Waals surface area contributed by atoms with Gasteiger partial charge in [-0.1, -0.05) is 30.3 Å². The fraction of sp³-hybridized carbons (Fsp3) is 0.400. The minimum atomic E-state index is 0.232. The van der Waals surface area contributed by atoms with Crippen molar-refractivity contribution >= 4 is 11.4 Å². The number of hydrazine groups is 1. The topological polar surface area (TPSA) is 37.3 Å². The molecule has 156 valence electrons. The first-order chi connectivity index (χ1) is 14.7. The van der Waals surface area contributed by atoms with Crippen molar-refractivity contribution in [2.45, 2.75) is 31.8 Å². The molecule has 3 aliphatic rings. The van der Waals surface area contributed by atoms with Crippen molar-refractivity contribution in [3.05, 3.63) is 70.8 Å². The molecule has 0 saturated carbocycles. The summed E-state index contributed by atoms with van der Waals surface area (Å²) in [4.78, 5) is 4.90. The van der Waals surface area contributed by atoms with Crippen LogP contribution >= 0.6 is 0 Å². The highest BCUT2D eigenvalue weighted by molar-refractivity contribution is 6.12. The quantitative estimate of drug-likeness (QED) is 0.759. The number of rotatable bonds is 3. The maximum absolute atomic E-state index is 6.15. The minimum absolute atomic E-state index is 0.232. The first-order valence-electron chi connectivity index (χ1n) is 10.9. The van der Waals surface area contributed by atoms with Gasteiger partial charge < -0.3 is 14.5 Å². The summed E-state index contributed by atoms with van der Waals surface area (Å²) in [6.07, 6.45) is 7.04. The summed E-state index contributed by atoms with van der Waals surface area (Å²) in [6.45, 7) is 2.46. The molecule has 0 amide bonds. The number of nitrogens with zero attached hydrogens (tertiary/aromatic N) is 3. The Bertz CT molecular complexity index is 992. The molecule has 0 radical (unpaired) electrons. The molecule has 30 heavy (non-hydrogen) atoms. The third-order valence-electron chi connectivity index (χ3n) is 6.36. The van der Waals surface area contributed by atoms with E-state index in [-0.39, 0.29) is 6.10 Å². The molecule has 1 atom stereocenters. The van der Waals surface area contributed by atoms with Crippen LogP contribution in [0.25, 0.3) is 5.70 Å². The lowest BCUT2D eigenvalue weighted by Crippen LogP contribution is -2.42.